The van der Waals surface area contributed by atoms with E-state index < -0.39 is 84.3 Å². The third-order valence-electron chi connectivity index (χ3n) is 14.6. The lowest BCUT2D eigenvalue weighted by Crippen LogP contribution is -2.63. The average Bonchev–Trinajstić information content (AvgIpc) is 3.25. The van der Waals surface area contributed by atoms with Crippen molar-refractivity contribution in [2.45, 2.75) is 179 Å². The van der Waals surface area contributed by atoms with Crippen molar-refractivity contribution in [2.24, 2.45) is 23.5 Å². The molecule has 17 heteroatoms. The highest BCUT2D eigenvalue weighted by Crippen LogP contribution is 2.42. The van der Waals surface area contributed by atoms with Gasteiger partial charge in [0.25, 0.3) is 5.17 Å². The van der Waals surface area contributed by atoms with Crippen LogP contribution in [0.15, 0.2) is 24.3 Å². The van der Waals surface area contributed by atoms with Crippen molar-refractivity contribution in [2.75, 3.05) is 54.1 Å². The summed E-state index contributed by atoms with van der Waals surface area (Å²) in [6.07, 6.45) is -6.25. The fourth-order valence-corrected chi connectivity index (χ4v) is 10.6. The second kappa shape index (κ2) is 22.7. The number of methoxy groups -OCH3 is 3. The Morgan fingerprint density at radius 3 is 2.28 bits per heavy atom. The number of fused-ring (bicyclic) bond motifs is 10. The number of aliphatic hydroxyl groups excluding tert-OH is 2. The Balaban J connectivity index is 1.36. The second-order valence-electron chi connectivity index (χ2n) is 19.2. The Labute approximate surface area is 387 Å². The second-order valence-corrected chi connectivity index (χ2v) is 19.6. The summed E-state index contributed by atoms with van der Waals surface area (Å²) in [6.45, 7) is 22.7. The Hall–Kier alpha value is -2.26. The van der Waals surface area contributed by atoms with E-state index in [9.17, 15) is 15.0 Å². The highest BCUT2D eigenvalue weighted by Gasteiger charge is 2.53. The molecule has 5 N–H and O–H groups in total. The first-order valence-corrected chi connectivity index (χ1v) is 23.7. The van der Waals surface area contributed by atoms with Crippen LogP contribution in [0.25, 0.3) is 0 Å². The van der Waals surface area contributed by atoms with Gasteiger partial charge in [-0.25, -0.2) is 0 Å². The van der Waals surface area contributed by atoms with Gasteiger partial charge >= 0.3 is 5.97 Å². The first kappa shape index (κ1) is 52.7. The smallest absolute Gasteiger partial charge is 0.311 e. The summed E-state index contributed by atoms with van der Waals surface area (Å²) in [7, 11) is 4.91. The molecule has 0 unspecified atom stereocenters. The molecule has 17 atom stereocenters. The van der Waals surface area contributed by atoms with Gasteiger partial charge in [0.2, 0.25) is 0 Å². The maximum absolute atomic E-state index is 14.1. The minimum Gasteiger partial charge on any atom is -0.496 e. The van der Waals surface area contributed by atoms with Gasteiger partial charge in [-0.15, -0.1) is 0 Å². The molecule has 0 saturated carbocycles. The van der Waals surface area contributed by atoms with Crippen molar-refractivity contribution in [3.8, 4) is 5.75 Å². The maximum Gasteiger partial charge on any atom is 0.311 e. The van der Waals surface area contributed by atoms with Gasteiger partial charge in [0, 0.05) is 76.4 Å². The van der Waals surface area contributed by atoms with Crippen LogP contribution >= 0.6 is 12.2 Å². The molecular weight excluding hydrogens is 845 g/mol. The van der Waals surface area contributed by atoms with E-state index in [0.717, 1.165) is 17.9 Å². The number of aliphatic hydroxyl groups is 2. The van der Waals surface area contributed by atoms with Crippen molar-refractivity contribution >= 4 is 23.4 Å². The monoisotopic (exact) mass is 925 g/mol. The lowest BCUT2D eigenvalue weighted by atomic mass is 9.76. The first-order chi connectivity index (χ1) is 30.2. The summed E-state index contributed by atoms with van der Waals surface area (Å²) >= 11 is 5.74. The maximum atomic E-state index is 14.1. The lowest BCUT2D eigenvalue weighted by molar-refractivity contribution is -0.316. The highest BCUT2D eigenvalue weighted by molar-refractivity contribution is 7.80. The zero-order chi connectivity index (χ0) is 47.3. The van der Waals surface area contributed by atoms with Gasteiger partial charge in [0.15, 0.2) is 18.7 Å². The normalized spacial score (nSPS) is 41.5. The van der Waals surface area contributed by atoms with Gasteiger partial charge in [0.1, 0.15) is 23.6 Å². The van der Waals surface area contributed by atoms with Crippen LogP contribution in [0.4, 0.5) is 0 Å². The number of hydrogen-bond acceptors (Lipinski definition) is 16. The van der Waals surface area contributed by atoms with Gasteiger partial charge in [-0.3, -0.25) is 14.6 Å². The summed E-state index contributed by atoms with van der Waals surface area (Å²) in [4.78, 5) is 18.6. The van der Waals surface area contributed by atoms with Crippen LogP contribution in [0.5, 0.6) is 5.75 Å². The molecule has 64 heavy (non-hydrogen) atoms. The highest BCUT2D eigenvalue weighted by atomic mass is 32.1. The Morgan fingerprint density at radius 1 is 0.984 bits per heavy atom. The summed E-state index contributed by atoms with van der Waals surface area (Å²) in [5.74, 6) is -1.23. The van der Waals surface area contributed by atoms with Crippen molar-refractivity contribution in [1.29, 1.82) is 0 Å². The van der Waals surface area contributed by atoms with E-state index in [2.05, 4.69) is 35.0 Å². The summed E-state index contributed by atoms with van der Waals surface area (Å²) in [5, 5.41) is 26.5. The van der Waals surface area contributed by atoms with Crippen molar-refractivity contribution in [3.63, 3.8) is 0 Å². The molecule has 16 nitrogen and oxygen atoms in total. The molecule has 5 heterocycles. The average molecular weight is 925 g/mol. The minimum absolute atomic E-state index is 0.114. The molecule has 6 rings (SSSR count). The van der Waals surface area contributed by atoms with Crippen LogP contribution in [-0.2, 0) is 42.7 Å². The molecule has 0 aliphatic carbocycles. The zero-order valence-electron chi connectivity index (χ0n) is 40.6. The van der Waals surface area contributed by atoms with Gasteiger partial charge < -0.3 is 63.9 Å². The number of rotatable bonds is 14. The molecule has 5 saturated heterocycles. The number of nitrogens with one attached hydrogen (secondary N) is 1. The third kappa shape index (κ3) is 12.1. The minimum atomic E-state index is -1.13. The van der Waals surface area contributed by atoms with E-state index in [1.54, 1.807) is 28.3 Å². The number of esters is 1. The Morgan fingerprint density at radius 2 is 1.64 bits per heavy atom. The van der Waals surface area contributed by atoms with Crippen LogP contribution in [0.3, 0.4) is 0 Å². The molecule has 0 spiro atoms. The zero-order valence-corrected chi connectivity index (χ0v) is 41.4. The molecular formula is C47H80N4O12S. The third-order valence-corrected chi connectivity index (χ3v) is 14.9. The quantitative estimate of drug-likeness (QED) is 0.154. The number of nitrogens with two attached hydrogens (primary N) is 1. The predicted octanol–water partition coefficient (Wildman–Crippen LogP) is 4.17. The van der Waals surface area contributed by atoms with E-state index in [1.165, 1.54) is 0 Å². The molecule has 5 fully saturated rings. The van der Waals surface area contributed by atoms with E-state index in [-0.39, 0.29) is 41.8 Å². The number of carbonyl (C=O) groups is 1. The fraction of sp³-hybridized carbons (Fsp3) is 0.830. The number of benzene rings is 1. The van der Waals surface area contributed by atoms with E-state index >= 15 is 0 Å². The van der Waals surface area contributed by atoms with Crippen LogP contribution in [-0.4, -0.2) is 170 Å². The van der Waals surface area contributed by atoms with Crippen LogP contribution in [0, 0.1) is 17.8 Å². The van der Waals surface area contributed by atoms with Gasteiger partial charge in [0.05, 0.1) is 49.1 Å². The summed E-state index contributed by atoms with van der Waals surface area (Å²) < 4.78 is 57.3. The van der Waals surface area contributed by atoms with E-state index in [0.29, 0.717) is 39.0 Å². The molecule has 5 aliphatic heterocycles. The molecule has 0 amide bonds. The van der Waals surface area contributed by atoms with E-state index in [4.69, 9.17) is 60.6 Å². The van der Waals surface area contributed by atoms with Crippen LogP contribution in [0.2, 0.25) is 0 Å². The van der Waals surface area contributed by atoms with Crippen molar-refractivity contribution < 1.29 is 57.6 Å². The number of carbonyl (C=O) groups excluding carboxylic acids is 1. The molecule has 1 aromatic rings. The van der Waals surface area contributed by atoms with Gasteiger partial charge in [-0.2, -0.15) is 0 Å². The molecule has 5 aliphatic rings. The topological polar surface area (TPSA) is 185 Å². The summed E-state index contributed by atoms with van der Waals surface area (Å²) in [6, 6.07) is 7.39. The first-order valence-electron chi connectivity index (χ1n) is 23.3. The van der Waals surface area contributed by atoms with Gasteiger partial charge in [-0.05, 0) is 92.1 Å². The van der Waals surface area contributed by atoms with Crippen molar-refractivity contribution in [3.05, 3.63) is 29.8 Å². The van der Waals surface area contributed by atoms with Crippen LogP contribution in [0.1, 0.15) is 100 Å². The number of para-hydroxylation sites is 1. The lowest BCUT2D eigenvalue weighted by Gasteiger charge is -2.51. The molecule has 366 valence electrons. The predicted molar refractivity (Wildman–Crippen MR) is 246 cm³/mol. The number of nitrogens with zero attached hydrogens (tertiary/aromatic N) is 2. The van der Waals surface area contributed by atoms with Gasteiger partial charge in [-0.1, -0.05) is 39.0 Å². The Kier molecular flexibility index (Phi) is 18.7. The van der Waals surface area contributed by atoms with E-state index in [1.807, 2.05) is 66.7 Å². The SMILES string of the molecule is CCN(CCNC(=S)O[C@H]1[C@H](C)O[C@@H](O[C@H]2[C@H](C)[C@@H](O[C@@H]3O[C@H](C)C[C@H](N)[C@H]3O)[C@@](C)(OC)C[C@@H](C)[C@H](O)[C@H](C)N3CC(C3)OC(=O)[C@@H]2C)C[C@@]1(C)OC)[C@@H](C)c1ccccc1OC. The van der Waals surface area contributed by atoms with Crippen LogP contribution < -0.4 is 15.8 Å². The van der Waals surface area contributed by atoms with Crippen molar-refractivity contribution in [1.82, 2.24) is 15.1 Å². The Bertz CT molecular complexity index is 1660. The molecule has 0 radical (unpaired) electrons. The largest absolute Gasteiger partial charge is 0.496 e. The molecule has 2 bridgehead atoms. The molecule has 0 aromatic heterocycles. The number of thiocarbonyl (C=S) groups is 1. The summed E-state index contributed by atoms with van der Waals surface area (Å²) in [5.41, 5.74) is 5.49. The number of ether oxygens (including phenoxy) is 9. The number of likely N-dealkylation sites (N-methyl/N-ethyl adjacent to an activating group) is 1. The molecule has 1 aromatic carbocycles. The fourth-order valence-electron chi connectivity index (χ4n) is 10.4. The number of hydrogen-bond donors (Lipinski definition) is 4. The standard InChI is InChI=1S/C47H80N4O12S/c1-14-50(30(6)34-17-15-16-18-36(34)55-11)20-19-49-45(64)63-42-32(8)59-37(23-47(42,10)57-13)61-40-28(4)41(62-44-39(53)35(48)21-27(3)58-44)46(9,56-12)22-26(2)38(52)31(7)51-24-33(25-51)60-43(54)29(40)5/h15-18,26-33,35,37-42,44,52-53H,14,19-25,48H2,1-13H3,(H,49,64)/t26-,27-,28+,29-,30+,31+,32+,35+,37+,38+,39-,40+,41-,42+,44+,46+,47-/m1/s1.